The Labute approximate surface area is 146 Å². The molecule has 114 valence electrons. The minimum atomic E-state index is -0.779. The van der Waals surface area contributed by atoms with Gasteiger partial charge in [0.15, 0.2) is 0 Å². The van der Waals surface area contributed by atoms with E-state index in [1.807, 2.05) is 19.1 Å². The third-order valence-electron chi connectivity index (χ3n) is 2.90. The van der Waals surface area contributed by atoms with Crippen LogP contribution in [0.2, 0.25) is 5.02 Å². The molecule has 0 unspecified atom stereocenters. The molecule has 0 atom stereocenters. The van der Waals surface area contributed by atoms with Crippen molar-refractivity contribution in [1.29, 1.82) is 0 Å². The minimum Gasteiger partial charge on any atom is -0.398 e. The van der Waals surface area contributed by atoms with Crippen LogP contribution in [-0.2, 0) is 9.59 Å². The van der Waals surface area contributed by atoms with Crippen LogP contribution in [-0.4, -0.2) is 11.8 Å². The maximum Gasteiger partial charge on any atom is 0.314 e. The normalized spacial score (nSPS) is 10.1. The Morgan fingerprint density at radius 3 is 2.41 bits per heavy atom. The van der Waals surface area contributed by atoms with Crippen molar-refractivity contribution >= 4 is 63.1 Å². The largest absolute Gasteiger partial charge is 0.398 e. The number of rotatable bonds is 2. The second-order valence-electron chi connectivity index (χ2n) is 4.60. The van der Waals surface area contributed by atoms with Crippen molar-refractivity contribution in [2.75, 3.05) is 16.4 Å². The van der Waals surface area contributed by atoms with Gasteiger partial charge in [-0.05, 0) is 71.5 Å². The summed E-state index contributed by atoms with van der Waals surface area (Å²) in [5, 5.41) is 5.35. The number of aryl methyl sites for hydroxylation is 1. The summed E-state index contributed by atoms with van der Waals surface area (Å²) in [7, 11) is 0. The number of nitrogen functional groups attached to an aromatic ring is 1. The first kappa shape index (κ1) is 16.6. The molecule has 0 spiro atoms. The molecule has 7 heteroatoms. The second-order valence-corrected chi connectivity index (χ2v) is 6.26. The van der Waals surface area contributed by atoms with Gasteiger partial charge in [0, 0.05) is 14.9 Å². The van der Waals surface area contributed by atoms with Gasteiger partial charge in [-0.1, -0.05) is 11.6 Å². The number of halogens is 2. The first-order valence-corrected chi connectivity index (χ1v) is 7.76. The first-order chi connectivity index (χ1) is 10.4. The Morgan fingerprint density at radius 1 is 1.09 bits per heavy atom. The first-order valence-electron chi connectivity index (χ1n) is 6.30. The fourth-order valence-corrected chi connectivity index (χ4v) is 2.57. The summed E-state index contributed by atoms with van der Waals surface area (Å²) >= 11 is 8.04. The van der Waals surface area contributed by atoms with Crippen LogP contribution in [0.1, 0.15) is 5.56 Å². The van der Waals surface area contributed by atoms with Gasteiger partial charge >= 0.3 is 11.8 Å². The highest BCUT2D eigenvalue weighted by Gasteiger charge is 2.15. The van der Waals surface area contributed by atoms with Crippen LogP contribution in [0, 0.1) is 10.5 Å². The van der Waals surface area contributed by atoms with Crippen molar-refractivity contribution in [2.45, 2.75) is 6.92 Å². The van der Waals surface area contributed by atoms with Crippen molar-refractivity contribution in [3.05, 3.63) is 50.6 Å². The average Bonchev–Trinajstić information content (AvgIpc) is 2.45. The molecule has 0 fully saturated rings. The molecule has 0 saturated heterocycles. The van der Waals surface area contributed by atoms with E-state index in [1.165, 1.54) is 6.07 Å². The lowest BCUT2D eigenvalue weighted by Gasteiger charge is -2.09. The highest BCUT2D eigenvalue weighted by molar-refractivity contribution is 14.1. The van der Waals surface area contributed by atoms with Gasteiger partial charge in [0.1, 0.15) is 0 Å². The molecular weight excluding hydrogens is 417 g/mol. The standard InChI is InChI=1S/C15H13ClIN3O2/c1-8-6-9(17)2-5-13(8)20-15(22)14(21)19-10-3-4-12(18)11(16)7-10/h2-7H,18H2,1H3,(H,19,21)(H,20,22). The van der Waals surface area contributed by atoms with Crippen LogP contribution in [0.5, 0.6) is 0 Å². The van der Waals surface area contributed by atoms with Gasteiger partial charge in [0.2, 0.25) is 0 Å². The molecule has 0 bridgehead atoms. The van der Waals surface area contributed by atoms with Gasteiger partial charge in [-0.2, -0.15) is 0 Å². The van der Waals surface area contributed by atoms with Crippen molar-refractivity contribution < 1.29 is 9.59 Å². The van der Waals surface area contributed by atoms with Crippen molar-refractivity contribution in [3.8, 4) is 0 Å². The molecule has 0 aliphatic carbocycles. The number of benzene rings is 2. The van der Waals surface area contributed by atoms with Gasteiger partial charge in [-0.3, -0.25) is 9.59 Å². The van der Waals surface area contributed by atoms with Crippen LogP contribution in [0.15, 0.2) is 36.4 Å². The van der Waals surface area contributed by atoms with E-state index in [2.05, 4.69) is 33.2 Å². The van der Waals surface area contributed by atoms with E-state index in [1.54, 1.807) is 18.2 Å². The fourth-order valence-electron chi connectivity index (χ4n) is 1.74. The number of hydrogen-bond donors (Lipinski definition) is 3. The van der Waals surface area contributed by atoms with Gasteiger partial charge in [0.05, 0.1) is 10.7 Å². The summed E-state index contributed by atoms with van der Waals surface area (Å²) in [6, 6.07) is 10.1. The third-order valence-corrected chi connectivity index (χ3v) is 3.90. The zero-order valence-electron chi connectivity index (χ0n) is 11.6. The number of nitrogens with one attached hydrogen (secondary N) is 2. The summed E-state index contributed by atoms with van der Waals surface area (Å²) < 4.78 is 1.05. The predicted molar refractivity (Wildman–Crippen MR) is 97.0 cm³/mol. The Kier molecular flexibility index (Phi) is 5.25. The smallest absolute Gasteiger partial charge is 0.314 e. The molecule has 0 aliphatic heterocycles. The zero-order valence-corrected chi connectivity index (χ0v) is 14.5. The molecule has 4 N–H and O–H groups in total. The number of carbonyl (C=O) groups is 2. The lowest BCUT2D eigenvalue weighted by Crippen LogP contribution is -2.29. The van der Waals surface area contributed by atoms with Crippen LogP contribution < -0.4 is 16.4 Å². The van der Waals surface area contributed by atoms with Crippen molar-refractivity contribution in [2.24, 2.45) is 0 Å². The summed E-state index contributed by atoms with van der Waals surface area (Å²) in [5.74, 6) is -1.53. The highest BCUT2D eigenvalue weighted by atomic mass is 127. The van der Waals surface area contributed by atoms with Gasteiger partial charge in [-0.15, -0.1) is 0 Å². The molecular formula is C15H13ClIN3O2. The molecule has 2 aromatic carbocycles. The van der Waals surface area contributed by atoms with Crippen LogP contribution >= 0.6 is 34.2 Å². The third kappa shape index (κ3) is 4.11. The fraction of sp³-hybridized carbons (Fsp3) is 0.0667. The highest BCUT2D eigenvalue weighted by Crippen LogP contribution is 2.22. The Morgan fingerprint density at radius 2 is 1.77 bits per heavy atom. The molecule has 5 nitrogen and oxygen atoms in total. The molecule has 0 heterocycles. The quantitative estimate of drug-likeness (QED) is 0.389. The van der Waals surface area contributed by atoms with E-state index < -0.39 is 11.8 Å². The number of nitrogens with two attached hydrogens (primary N) is 1. The average molecular weight is 430 g/mol. The lowest BCUT2D eigenvalue weighted by molar-refractivity contribution is -0.133. The minimum absolute atomic E-state index is 0.312. The Balaban J connectivity index is 2.05. The number of carbonyl (C=O) groups excluding carboxylic acids is 2. The molecule has 0 aromatic heterocycles. The maximum absolute atomic E-state index is 11.9. The van der Waals surface area contributed by atoms with Crippen molar-refractivity contribution in [3.63, 3.8) is 0 Å². The molecule has 0 radical (unpaired) electrons. The number of anilines is 3. The molecule has 2 amide bonds. The summed E-state index contributed by atoms with van der Waals surface area (Å²) in [5.41, 5.74) is 7.86. The zero-order chi connectivity index (χ0) is 16.3. The summed E-state index contributed by atoms with van der Waals surface area (Å²) in [6.07, 6.45) is 0. The van der Waals surface area contributed by atoms with E-state index in [0.29, 0.717) is 22.1 Å². The van der Waals surface area contributed by atoms with Crippen molar-refractivity contribution in [1.82, 2.24) is 0 Å². The molecule has 0 saturated carbocycles. The Bertz CT molecular complexity index is 750. The topological polar surface area (TPSA) is 84.2 Å². The molecule has 22 heavy (non-hydrogen) atoms. The lowest BCUT2D eigenvalue weighted by atomic mass is 10.2. The number of hydrogen-bond acceptors (Lipinski definition) is 3. The maximum atomic E-state index is 11.9. The van der Waals surface area contributed by atoms with Crippen LogP contribution in [0.25, 0.3) is 0 Å². The van der Waals surface area contributed by atoms with E-state index in [-0.39, 0.29) is 0 Å². The SMILES string of the molecule is Cc1cc(I)ccc1NC(=O)C(=O)Nc1ccc(N)c(Cl)c1. The van der Waals surface area contributed by atoms with E-state index in [4.69, 9.17) is 17.3 Å². The van der Waals surface area contributed by atoms with Gasteiger partial charge in [0.25, 0.3) is 0 Å². The summed E-state index contributed by atoms with van der Waals surface area (Å²) in [6.45, 7) is 1.86. The second kappa shape index (κ2) is 6.97. The van der Waals surface area contributed by atoms with E-state index >= 15 is 0 Å². The van der Waals surface area contributed by atoms with Gasteiger partial charge < -0.3 is 16.4 Å². The molecule has 2 rings (SSSR count). The molecule has 2 aromatic rings. The predicted octanol–water partition coefficient (Wildman–Crippen LogP) is 3.41. The van der Waals surface area contributed by atoms with Gasteiger partial charge in [-0.25, -0.2) is 0 Å². The summed E-state index contributed by atoms with van der Waals surface area (Å²) in [4.78, 5) is 23.8. The molecule has 0 aliphatic rings. The van der Waals surface area contributed by atoms with E-state index in [9.17, 15) is 9.59 Å². The van der Waals surface area contributed by atoms with E-state index in [0.717, 1.165) is 9.13 Å². The van der Waals surface area contributed by atoms with Crippen LogP contribution in [0.4, 0.5) is 17.1 Å². The monoisotopic (exact) mass is 429 g/mol. The Hall–Kier alpha value is -1.80. The van der Waals surface area contributed by atoms with Crippen LogP contribution in [0.3, 0.4) is 0 Å². The number of amides is 2.